The molecule has 7 aromatic carbocycles. The molecule has 0 unspecified atom stereocenters. The van der Waals surface area contributed by atoms with Crippen LogP contribution in [0, 0.1) is 27.2 Å². The average molecular weight is 670 g/mol. The highest BCUT2D eigenvalue weighted by atomic mass is 31.2. The van der Waals surface area contributed by atoms with Gasteiger partial charge in [0.2, 0.25) is 0 Å². The van der Waals surface area contributed by atoms with Crippen molar-refractivity contribution in [1.82, 2.24) is 0 Å². The first-order chi connectivity index (χ1) is 23.9. The second-order valence-electron chi connectivity index (χ2n) is 12.6. The van der Waals surface area contributed by atoms with E-state index < -0.39 is 14.5 Å². The van der Waals surface area contributed by atoms with Gasteiger partial charge in [-0.2, -0.15) is 13.3 Å². The van der Waals surface area contributed by atoms with Gasteiger partial charge in [-0.05, 0) is 124 Å². The Bertz CT molecular complexity index is 1930. The topological polar surface area (TPSA) is 3.24 Å². The van der Waals surface area contributed by atoms with Crippen molar-refractivity contribution in [3.05, 3.63) is 213 Å². The normalized spacial score (nSPS) is 11.7. The molecule has 3 heteroatoms. The molecule has 0 N–H and O–H groups in total. The van der Waals surface area contributed by atoms with E-state index in [1.165, 1.54) is 43.0 Å². The number of rotatable bonds is 9. The molecule has 49 heavy (non-hydrogen) atoms. The summed E-state index contributed by atoms with van der Waals surface area (Å²) in [4.78, 5) is 2.47. The van der Waals surface area contributed by atoms with Crippen LogP contribution in [0.15, 0.2) is 188 Å². The minimum atomic E-state index is -2.37. The van der Waals surface area contributed by atoms with Crippen LogP contribution in [0.5, 0.6) is 0 Å². The third-order valence-electron chi connectivity index (χ3n) is 9.37. The summed E-state index contributed by atoms with van der Waals surface area (Å²) < 4.78 is 0. The van der Waals surface area contributed by atoms with Crippen LogP contribution in [-0.2, 0) is 0 Å². The molecule has 240 valence electrons. The molecular weight excluding hydrogens is 628 g/mol. The zero-order chi connectivity index (χ0) is 33.8. The molecule has 0 saturated heterocycles. The third-order valence-corrected chi connectivity index (χ3v) is 16.4. The monoisotopic (exact) mass is 669 g/mol. The minimum absolute atomic E-state index is 1.10. The van der Waals surface area contributed by atoms with E-state index in [0.29, 0.717) is 0 Å². The Kier molecular flexibility index (Phi) is 9.33. The Morgan fingerprint density at radius 2 is 0.653 bits per heavy atom. The maximum atomic E-state index is 5.21. The summed E-state index contributed by atoms with van der Waals surface area (Å²) in [5.41, 5.74) is 5.78. The Balaban J connectivity index is 1.58. The molecule has 0 aliphatic carbocycles. The number of para-hydroxylation sites is 1. The largest absolute Gasteiger partial charge is 0.303 e. The Hall–Kier alpha value is -4.80. The second-order valence-corrected chi connectivity index (χ2v) is 18.9. The maximum Gasteiger partial charge on any atom is 0.0989 e. The smallest absolute Gasteiger partial charge is 0.0989 e. The maximum absolute atomic E-state index is 5.21. The van der Waals surface area contributed by atoms with Crippen molar-refractivity contribution >= 4 is 63.4 Å². The summed E-state index contributed by atoms with van der Waals surface area (Å²) in [7, 11) is -4.73. The predicted octanol–water partition coefficient (Wildman–Crippen LogP) is 9.94. The second kappa shape index (κ2) is 14.0. The summed E-state index contributed by atoms with van der Waals surface area (Å²) >= 11 is 0. The van der Waals surface area contributed by atoms with Gasteiger partial charge >= 0.3 is 0 Å². The molecule has 0 bridgehead atoms. The van der Waals surface area contributed by atoms with E-state index in [1.807, 2.05) is 0 Å². The van der Waals surface area contributed by atoms with Crippen LogP contribution in [0.25, 0.3) is 0 Å². The number of hydrogen-bond donors (Lipinski definition) is 0. The number of benzene rings is 7. The van der Waals surface area contributed by atoms with Gasteiger partial charge in [-0.1, -0.05) is 103 Å². The van der Waals surface area contributed by atoms with Crippen LogP contribution in [0.4, 0.5) is 17.1 Å². The predicted molar refractivity (Wildman–Crippen MR) is 219 cm³/mol. The Labute approximate surface area is 293 Å². The molecular formula is C46H41NP2. The first kappa shape index (κ1) is 32.7. The zero-order valence-electron chi connectivity index (χ0n) is 28.2. The molecule has 0 atom stereocenters. The highest BCUT2D eigenvalue weighted by Gasteiger charge is 2.40. The summed E-state index contributed by atoms with van der Waals surface area (Å²) in [6, 6.07) is 68.1. The van der Waals surface area contributed by atoms with Crippen molar-refractivity contribution in [2.75, 3.05) is 4.90 Å². The molecule has 0 saturated carbocycles. The van der Waals surface area contributed by atoms with Gasteiger partial charge in [0.05, 0.1) is 43.2 Å². The molecule has 0 heterocycles. The fraction of sp³-hybridized carbons (Fsp3) is 0.0435. The minimum Gasteiger partial charge on any atom is -0.303 e. The number of hydrogen-bond acceptors (Lipinski definition) is 1. The fourth-order valence-corrected chi connectivity index (χ4v) is 13.2. The van der Waals surface area contributed by atoms with Crippen LogP contribution in [0.2, 0.25) is 0 Å². The highest BCUT2D eigenvalue weighted by Crippen LogP contribution is 2.59. The van der Waals surface area contributed by atoms with Gasteiger partial charge < -0.3 is 4.90 Å². The van der Waals surface area contributed by atoms with E-state index in [-0.39, 0.29) is 0 Å². The molecule has 0 fully saturated rings. The van der Waals surface area contributed by atoms with Gasteiger partial charge in [-0.3, -0.25) is 0 Å². The van der Waals surface area contributed by atoms with Crippen molar-refractivity contribution in [3.63, 3.8) is 0 Å². The van der Waals surface area contributed by atoms with Gasteiger partial charge in [0, 0.05) is 5.69 Å². The van der Waals surface area contributed by atoms with Crippen molar-refractivity contribution in [2.45, 2.75) is 13.8 Å². The summed E-state index contributed by atoms with van der Waals surface area (Å²) in [6.07, 6.45) is 0. The molecule has 0 spiro atoms. The van der Waals surface area contributed by atoms with Gasteiger partial charge in [0.1, 0.15) is 0 Å². The molecule has 0 aromatic heterocycles. The number of nitrogens with zero attached hydrogens (tertiary/aromatic N) is 1. The molecule has 7 rings (SSSR count). The van der Waals surface area contributed by atoms with Crippen molar-refractivity contribution in [3.8, 4) is 0 Å². The zero-order valence-corrected chi connectivity index (χ0v) is 29.9. The first-order valence-electron chi connectivity index (χ1n) is 16.7. The standard InChI is InChI=1S/C46H41NP2/c1-36-30-32-43(45(34-36)48(3,39-22-12-6-13-23-39)40-24-14-7-15-25-40)47(38-20-10-5-11-21-38)44-33-31-37(2)35-46(44)49(4,41-26-16-8-17-27-41)42-28-18-9-19-29-42/h5-35H,3-4H2,1-2H3. The number of aryl methyl sites for hydroxylation is 2. The summed E-state index contributed by atoms with van der Waals surface area (Å²) in [5, 5.41) is 7.48. The van der Waals surface area contributed by atoms with Crippen molar-refractivity contribution in [2.24, 2.45) is 0 Å². The van der Waals surface area contributed by atoms with Crippen molar-refractivity contribution in [1.29, 1.82) is 0 Å². The van der Waals surface area contributed by atoms with E-state index in [4.69, 9.17) is 13.3 Å². The van der Waals surface area contributed by atoms with Gasteiger partial charge in [-0.25, -0.2) is 0 Å². The van der Waals surface area contributed by atoms with Crippen molar-refractivity contribution < 1.29 is 0 Å². The van der Waals surface area contributed by atoms with Crippen LogP contribution in [0.3, 0.4) is 0 Å². The molecule has 0 aliphatic rings. The lowest BCUT2D eigenvalue weighted by Gasteiger charge is -2.38. The van der Waals surface area contributed by atoms with Gasteiger partial charge in [0.15, 0.2) is 0 Å². The lowest BCUT2D eigenvalue weighted by Crippen LogP contribution is -2.35. The third kappa shape index (κ3) is 6.15. The average Bonchev–Trinajstić information content (AvgIpc) is 3.17. The quantitative estimate of drug-likeness (QED) is 0.109. The SMILES string of the molecule is [CH2-][P+](c1ccccc1)(c1ccccc1)c1cc(C)ccc1N(c1ccccc1)c1ccc(C)cc1[P+]([CH2-])(c1ccccc1)c1ccccc1. The Morgan fingerprint density at radius 1 is 0.367 bits per heavy atom. The van der Waals surface area contributed by atoms with Gasteiger partial charge in [-0.15, -0.1) is 0 Å². The molecule has 0 aliphatic heterocycles. The number of anilines is 3. The summed E-state index contributed by atoms with van der Waals surface area (Å²) in [5.74, 6) is 0. The highest BCUT2D eigenvalue weighted by molar-refractivity contribution is 7.97. The summed E-state index contributed by atoms with van der Waals surface area (Å²) in [6.45, 7) is 14.8. The molecule has 0 radical (unpaired) electrons. The van der Waals surface area contributed by atoms with E-state index in [1.54, 1.807) is 0 Å². The van der Waals surface area contributed by atoms with E-state index in [2.05, 4.69) is 207 Å². The van der Waals surface area contributed by atoms with Crippen LogP contribution in [-0.4, -0.2) is 0 Å². The lowest BCUT2D eigenvalue weighted by atomic mass is 10.1. The Morgan fingerprint density at radius 3 is 0.959 bits per heavy atom. The van der Waals surface area contributed by atoms with Gasteiger partial charge in [0.25, 0.3) is 0 Å². The van der Waals surface area contributed by atoms with E-state index >= 15 is 0 Å². The fourth-order valence-electron chi connectivity index (χ4n) is 6.83. The van der Waals surface area contributed by atoms with Crippen LogP contribution < -0.4 is 36.7 Å². The van der Waals surface area contributed by atoms with Crippen LogP contribution in [0.1, 0.15) is 11.1 Å². The molecule has 0 amide bonds. The van der Waals surface area contributed by atoms with E-state index in [0.717, 1.165) is 17.1 Å². The lowest BCUT2D eigenvalue weighted by molar-refractivity contribution is 1.29. The first-order valence-corrected chi connectivity index (χ1v) is 20.6. The molecule has 7 aromatic rings. The molecule has 1 nitrogen and oxygen atoms in total. The van der Waals surface area contributed by atoms with Crippen LogP contribution >= 0.6 is 14.5 Å². The van der Waals surface area contributed by atoms with E-state index in [9.17, 15) is 0 Å².